The van der Waals surface area contributed by atoms with E-state index in [1.54, 1.807) is 0 Å². The van der Waals surface area contributed by atoms with Crippen LogP contribution in [0.15, 0.2) is 37.1 Å². The van der Waals surface area contributed by atoms with Crippen molar-refractivity contribution >= 4 is 28.6 Å². The third-order valence-corrected chi connectivity index (χ3v) is 7.69. The van der Waals surface area contributed by atoms with Gasteiger partial charge in [0.1, 0.15) is 5.82 Å². The van der Waals surface area contributed by atoms with Gasteiger partial charge in [-0.1, -0.05) is 32.1 Å². The smallest absolute Gasteiger partial charge is 0.246 e. The zero-order valence-corrected chi connectivity index (χ0v) is 24.3. The first-order valence-corrected chi connectivity index (χ1v) is 14.3. The van der Waals surface area contributed by atoms with E-state index in [1.807, 2.05) is 31.0 Å². The van der Waals surface area contributed by atoms with Crippen LogP contribution in [0.2, 0.25) is 0 Å². The number of aromatic nitrogens is 4. The molecule has 1 aliphatic carbocycles. The summed E-state index contributed by atoms with van der Waals surface area (Å²) in [5.74, 6) is 2.01. The minimum Gasteiger partial charge on any atom is -0.353 e. The number of rotatable bonds is 4. The Bertz CT molecular complexity index is 1260. The number of benzene rings is 1. The number of carbonyl (C=O) groups excluding carboxylic acids is 1. The zero-order valence-electron chi connectivity index (χ0n) is 24.3. The molecule has 0 spiro atoms. The van der Waals surface area contributed by atoms with E-state index >= 15 is 0 Å². The van der Waals surface area contributed by atoms with E-state index in [0.717, 1.165) is 69.4 Å². The fraction of sp³-hybridized carbons (Fsp3) is 0.533. The van der Waals surface area contributed by atoms with E-state index in [-0.39, 0.29) is 5.91 Å². The van der Waals surface area contributed by atoms with E-state index < -0.39 is 0 Å². The number of H-pyrrole nitrogens is 1. The molecule has 0 unspecified atom stereocenters. The lowest BCUT2D eigenvalue weighted by Gasteiger charge is -2.43. The number of amides is 1. The molecule has 39 heavy (non-hydrogen) atoms. The molecule has 0 bridgehead atoms. The van der Waals surface area contributed by atoms with Gasteiger partial charge in [0.15, 0.2) is 0 Å². The van der Waals surface area contributed by atoms with Crippen molar-refractivity contribution in [1.29, 1.82) is 0 Å². The number of hydrogen-bond donors (Lipinski definition) is 1. The first-order chi connectivity index (χ1) is 18.9. The molecular weight excluding hydrogens is 488 g/mol. The number of anilines is 2. The fourth-order valence-electron chi connectivity index (χ4n) is 5.24. The SMILES string of the molecule is C=CC(=O)N1CCN(c2nc(N3CC(N(C)C)C3)nc3c2CCCC3)CC1.CC.Cc1ccc2[nH]ncc2c1. The second-order valence-electron chi connectivity index (χ2n) is 10.5. The Morgan fingerprint density at radius 1 is 1.05 bits per heavy atom. The molecule has 9 heteroatoms. The highest BCUT2D eigenvalue weighted by atomic mass is 16.2. The molecule has 1 N–H and O–H groups in total. The van der Waals surface area contributed by atoms with Gasteiger partial charge in [0.05, 0.1) is 17.4 Å². The van der Waals surface area contributed by atoms with Crippen LogP contribution in [0.1, 0.15) is 43.5 Å². The number of hydrogen-bond acceptors (Lipinski definition) is 7. The fourth-order valence-corrected chi connectivity index (χ4v) is 5.24. The summed E-state index contributed by atoms with van der Waals surface area (Å²) in [6.07, 6.45) is 7.79. The van der Waals surface area contributed by atoms with Gasteiger partial charge in [-0.15, -0.1) is 0 Å². The molecule has 4 heterocycles. The van der Waals surface area contributed by atoms with Crippen molar-refractivity contribution in [2.45, 2.75) is 52.5 Å². The van der Waals surface area contributed by atoms with Crippen LogP contribution in [0.5, 0.6) is 0 Å². The van der Waals surface area contributed by atoms with Gasteiger partial charge in [0.25, 0.3) is 0 Å². The van der Waals surface area contributed by atoms with E-state index in [2.05, 4.69) is 64.6 Å². The summed E-state index contributed by atoms with van der Waals surface area (Å²) < 4.78 is 0. The number of aryl methyl sites for hydroxylation is 2. The molecule has 9 nitrogen and oxygen atoms in total. The van der Waals surface area contributed by atoms with Gasteiger partial charge >= 0.3 is 0 Å². The summed E-state index contributed by atoms with van der Waals surface area (Å²) >= 11 is 0. The van der Waals surface area contributed by atoms with Gasteiger partial charge in [0, 0.05) is 56.3 Å². The Morgan fingerprint density at radius 2 is 1.77 bits per heavy atom. The molecule has 0 saturated carbocycles. The molecule has 0 atom stereocenters. The van der Waals surface area contributed by atoms with E-state index in [9.17, 15) is 4.79 Å². The normalized spacial score (nSPS) is 17.0. The third kappa shape index (κ3) is 6.58. The van der Waals surface area contributed by atoms with Crippen molar-refractivity contribution in [3.05, 3.63) is 53.9 Å². The summed E-state index contributed by atoms with van der Waals surface area (Å²) in [4.78, 5) is 30.6. The van der Waals surface area contributed by atoms with E-state index in [0.29, 0.717) is 6.04 Å². The number of aromatic amines is 1. The van der Waals surface area contributed by atoms with Crippen molar-refractivity contribution in [3.8, 4) is 0 Å². The summed E-state index contributed by atoms with van der Waals surface area (Å²) in [7, 11) is 4.26. The van der Waals surface area contributed by atoms with Crippen molar-refractivity contribution < 1.29 is 4.79 Å². The zero-order chi connectivity index (χ0) is 27.9. The monoisotopic (exact) mass is 532 g/mol. The lowest BCUT2D eigenvalue weighted by molar-refractivity contribution is -0.126. The Kier molecular flexibility index (Phi) is 9.56. The molecule has 0 radical (unpaired) electrons. The maximum absolute atomic E-state index is 11.9. The van der Waals surface area contributed by atoms with Gasteiger partial charge in [0.2, 0.25) is 11.9 Å². The predicted octanol–water partition coefficient (Wildman–Crippen LogP) is 3.84. The van der Waals surface area contributed by atoms with Crippen molar-refractivity contribution in [2.24, 2.45) is 0 Å². The number of likely N-dealkylation sites (N-methyl/N-ethyl adjacent to an activating group) is 1. The van der Waals surface area contributed by atoms with Crippen LogP contribution in [0.4, 0.5) is 11.8 Å². The van der Waals surface area contributed by atoms with Crippen molar-refractivity contribution in [3.63, 3.8) is 0 Å². The number of nitrogens with zero attached hydrogens (tertiary/aromatic N) is 7. The summed E-state index contributed by atoms with van der Waals surface area (Å²) in [6.45, 7) is 14.8. The number of carbonyl (C=O) groups is 1. The number of nitrogens with one attached hydrogen (secondary N) is 1. The number of fused-ring (bicyclic) bond motifs is 2. The Balaban J connectivity index is 0.000000244. The van der Waals surface area contributed by atoms with Crippen LogP contribution < -0.4 is 9.80 Å². The molecule has 2 aromatic heterocycles. The van der Waals surface area contributed by atoms with Crippen molar-refractivity contribution in [2.75, 3.05) is 63.2 Å². The molecule has 210 valence electrons. The topological polar surface area (TPSA) is 84.5 Å². The lowest BCUT2D eigenvalue weighted by Crippen LogP contribution is -2.58. The van der Waals surface area contributed by atoms with Crippen LogP contribution in [-0.4, -0.2) is 95.3 Å². The molecule has 2 saturated heterocycles. The molecule has 2 fully saturated rings. The quantitative estimate of drug-likeness (QED) is 0.511. The second kappa shape index (κ2) is 13.1. The van der Waals surface area contributed by atoms with Gasteiger partial charge in [-0.2, -0.15) is 10.1 Å². The average molecular weight is 533 g/mol. The first-order valence-electron chi connectivity index (χ1n) is 14.3. The largest absolute Gasteiger partial charge is 0.353 e. The van der Waals surface area contributed by atoms with Gasteiger partial charge < -0.3 is 19.6 Å². The van der Waals surface area contributed by atoms with Crippen LogP contribution in [0.3, 0.4) is 0 Å². The average Bonchev–Trinajstić information content (AvgIpc) is 3.40. The Hall–Kier alpha value is -3.46. The van der Waals surface area contributed by atoms with Crippen LogP contribution in [0, 0.1) is 6.92 Å². The van der Waals surface area contributed by atoms with E-state index in [4.69, 9.17) is 9.97 Å². The Labute approximate surface area is 232 Å². The summed E-state index contributed by atoms with van der Waals surface area (Å²) in [5.41, 5.74) is 4.94. The highest BCUT2D eigenvalue weighted by molar-refractivity contribution is 5.87. The standard InChI is InChI=1S/C20H30N6O.C8H8N2.C2H6/c1-4-18(27)24-9-11-25(12-10-24)19-16-7-5-6-8-17(16)21-20(22-19)26-13-15(14-26)23(2)3;1-6-2-3-8-7(4-6)5-9-10-8;1-2/h4,15H,1,5-14H2,2-3H3;2-5H,1H3,(H,9,10);1-2H3. The van der Waals surface area contributed by atoms with Gasteiger partial charge in [-0.05, 0) is 64.9 Å². The van der Waals surface area contributed by atoms with Gasteiger partial charge in [-0.3, -0.25) is 9.89 Å². The van der Waals surface area contributed by atoms with Crippen LogP contribution >= 0.6 is 0 Å². The summed E-state index contributed by atoms with van der Waals surface area (Å²) in [5, 5.41) is 7.99. The minimum atomic E-state index is 0.0235. The maximum Gasteiger partial charge on any atom is 0.246 e. The molecule has 6 rings (SSSR count). The highest BCUT2D eigenvalue weighted by Crippen LogP contribution is 2.32. The molecular formula is C30H44N8O. The van der Waals surface area contributed by atoms with Crippen LogP contribution in [0.25, 0.3) is 10.9 Å². The lowest BCUT2D eigenvalue weighted by atomic mass is 9.96. The van der Waals surface area contributed by atoms with Crippen molar-refractivity contribution in [1.82, 2.24) is 30.0 Å². The first kappa shape index (κ1) is 28.5. The number of piperazine rings is 1. The molecule has 2 aliphatic heterocycles. The van der Waals surface area contributed by atoms with E-state index in [1.165, 1.54) is 41.1 Å². The maximum atomic E-state index is 11.9. The Morgan fingerprint density at radius 3 is 2.46 bits per heavy atom. The molecule has 1 amide bonds. The molecule has 3 aromatic rings. The van der Waals surface area contributed by atoms with Crippen LogP contribution in [-0.2, 0) is 17.6 Å². The van der Waals surface area contributed by atoms with Gasteiger partial charge in [-0.25, -0.2) is 4.98 Å². The second-order valence-corrected chi connectivity index (χ2v) is 10.5. The summed E-state index contributed by atoms with van der Waals surface area (Å²) in [6, 6.07) is 6.80. The third-order valence-electron chi connectivity index (χ3n) is 7.69. The highest BCUT2D eigenvalue weighted by Gasteiger charge is 2.33. The minimum absolute atomic E-state index is 0.0235. The molecule has 1 aromatic carbocycles. The predicted molar refractivity (Wildman–Crippen MR) is 160 cm³/mol. The molecule has 3 aliphatic rings.